The number of carbonyl (C=O) groups excluding carboxylic acids is 1. The zero-order valence-corrected chi connectivity index (χ0v) is 15.7. The summed E-state index contributed by atoms with van der Waals surface area (Å²) in [6, 6.07) is 12.8. The summed E-state index contributed by atoms with van der Waals surface area (Å²) in [4.78, 5) is 28.9. The van der Waals surface area contributed by atoms with E-state index in [4.69, 9.17) is 9.47 Å². The molecular formula is C21H22N2O4. The Kier molecular flexibility index (Phi) is 5.54. The van der Waals surface area contributed by atoms with Crippen molar-refractivity contribution in [2.45, 2.75) is 27.3 Å². The van der Waals surface area contributed by atoms with Gasteiger partial charge in [0.05, 0.1) is 17.4 Å². The molecule has 0 aliphatic heterocycles. The Morgan fingerprint density at radius 2 is 1.85 bits per heavy atom. The quantitative estimate of drug-likeness (QED) is 0.627. The minimum Gasteiger partial charge on any atom is -0.482 e. The number of aromatic nitrogens is 2. The molecule has 0 bridgehead atoms. The van der Waals surface area contributed by atoms with Crippen LogP contribution in [-0.2, 0) is 16.1 Å². The number of carbonyl (C=O) groups is 1. The molecule has 3 aromatic rings. The number of esters is 1. The third-order valence-corrected chi connectivity index (χ3v) is 4.47. The number of para-hydroxylation sites is 1. The molecule has 0 fully saturated rings. The first-order valence-corrected chi connectivity index (χ1v) is 8.77. The van der Waals surface area contributed by atoms with Gasteiger partial charge in [0.1, 0.15) is 18.2 Å². The van der Waals surface area contributed by atoms with Gasteiger partial charge < -0.3 is 9.47 Å². The van der Waals surface area contributed by atoms with Gasteiger partial charge in [0.2, 0.25) is 0 Å². The highest BCUT2D eigenvalue weighted by Gasteiger charge is 2.09. The standard InChI is InChI=1S/C21H22N2O4/c1-14-8-9-17(12-15(14)2)27-13-20(24)26-11-10-23-16(3)22-19-7-5-4-6-18(19)21(23)25/h4-9,12H,10-11,13H2,1-3H3. The fraction of sp³-hybridized carbons (Fsp3) is 0.286. The highest BCUT2D eigenvalue weighted by Crippen LogP contribution is 2.16. The number of rotatable bonds is 6. The molecule has 1 heterocycles. The summed E-state index contributed by atoms with van der Waals surface area (Å²) in [5, 5.41) is 0.549. The molecule has 0 aliphatic carbocycles. The smallest absolute Gasteiger partial charge is 0.344 e. The lowest BCUT2D eigenvalue weighted by molar-refractivity contribution is -0.146. The van der Waals surface area contributed by atoms with Crippen molar-refractivity contribution in [3.05, 3.63) is 69.8 Å². The molecule has 0 N–H and O–H groups in total. The van der Waals surface area contributed by atoms with Crippen LogP contribution >= 0.6 is 0 Å². The van der Waals surface area contributed by atoms with Crippen LogP contribution in [0.1, 0.15) is 17.0 Å². The largest absolute Gasteiger partial charge is 0.482 e. The van der Waals surface area contributed by atoms with E-state index in [9.17, 15) is 9.59 Å². The number of nitrogens with zero attached hydrogens (tertiary/aromatic N) is 2. The third-order valence-electron chi connectivity index (χ3n) is 4.47. The van der Waals surface area contributed by atoms with Crippen LogP contribution in [-0.4, -0.2) is 28.7 Å². The summed E-state index contributed by atoms with van der Waals surface area (Å²) in [5.41, 5.74) is 2.78. The van der Waals surface area contributed by atoms with Crippen molar-refractivity contribution in [3.63, 3.8) is 0 Å². The molecule has 1 aromatic heterocycles. The molecule has 0 unspecified atom stereocenters. The van der Waals surface area contributed by atoms with Gasteiger partial charge in [-0.15, -0.1) is 0 Å². The van der Waals surface area contributed by atoms with Gasteiger partial charge in [-0.1, -0.05) is 18.2 Å². The maximum atomic E-state index is 12.6. The van der Waals surface area contributed by atoms with Crippen LogP contribution in [0.3, 0.4) is 0 Å². The SMILES string of the molecule is Cc1ccc(OCC(=O)OCCn2c(C)nc3ccccc3c2=O)cc1C. The topological polar surface area (TPSA) is 70.4 Å². The Hall–Kier alpha value is -3.15. The number of hydrogen-bond acceptors (Lipinski definition) is 5. The van der Waals surface area contributed by atoms with Gasteiger partial charge in [0.15, 0.2) is 6.61 Å². The highest BCUT2D eigenvalue weighted by molar-refractivity contribution is 5.77. The Labute approximate surface area is 157 Å². The van der Waals surface area contributed by atoms with Crippen LogP contribution in [0.15, 0.2) is 47.3 Å². The summed E-state index contributed by atoms with van der Waals surface area (Å²) in [6.45, 7) is 5.91. The van der Waals surface area contributed by atoms with E-state index in [1.54, 1.807) is 25.1 Å². The maximum absolute atomic E-state index is 12.6. The van der Waals surface area contributed by atoms with Crippen LogP contribution in [0.2, 0.25) is 0 Å². The van der Waals surface area contributed by atoms with Crippen LogP contribution in [0.25, 0.3) is 10.9 Å². The van der Waals surface area contributed by atoms with Crippen LogP contribution in [0.4, 0.5) is 0 Å². The molecular weight excluding hydrogens is 344 g/mol. The van der Waals surface area contributed by atoms with Crippen molar-refractivity contribution in [1.29, 1.82) is 0 Å². The number of aryl methyl sites for hydroxylation is 3. The normalized spacial score (nSPS) is 10.8. The van der Waals surface area contributed by atoms with Crippen molar-refractivity contribution in [3.8, 4) is 5.75 Å². The van der Waals surface area contributed by atoms with Crippen molar-refractivity contribution < 1.29 is 14.3 Å². The maximum Gasteiger partial charge on any atom is 0.344 e. The van der Waals surface area contributed by atoms with Crippen LogP contribution in [0.5, 0.6) is 5.75 Å². The van der Waals surface area contributed by atoms with Gasteiger partial charge in [0.25, 0.3) is 5.56 Å². The molecule has 6 heteroatoms. The molecule has 0 atom stereocenters. The minimum absolute atomic E-state index is 0.0793. The predicted octanol–water partition coefficient (Wildman–Crippen LogP) is 2.94. The van der Waals surface area contributed by atoms with E-state index < -0.39 is 5.97 Å². The first kappa shape index (κ1) is 18.6. The fourth-order valence-corrected chi connectivity index (χ4v) is 2.78. The van der Waals surface area contributed by atoms with Gasteiger partial charge >= 0.3 is 5.97 Å². The summed E-state index contributed by atoms with van der Waals surface area (Å²) in [5.74, 6) is 0.731. The first-order chi connectivity index (χ1) is 13.0. The molecule has 6 nitrogen and oxygen atoms in total. The van der Waals surface area contributed by atoms with Crippen molar-refractivity contribution in [1.82, 2.24) is 9.55 Å². The molecule has 3 rings (SSSR count). The van der Waals surface area contributed by atoms with Gasteiger partial charge in [-0.3, -0.25) is 9.36 Å². The van der Waals surface area contributed by atoms with Crippen LogP contribution in [0, 0.1) is 20.8 Å². The average Bonchev–Trinajstić information content (AvgIpc) is 2.65. The molecule has 0 spiro atoms. The molecule has 2 aromatic carbocycles. The Morgan fingerprint density at radius 1 is 1.07 bits per heavy atom. The lowest BCUT2D eigenvalue weighted by Gasteiger charge is -2.12. The first-order valence-electron chi connectivity index (χ1n) is 8.77. The number of ether oxygens (including phenoxy) is 2. The lowest BCUT2D eigenvalue weighted by Crippen LogP contribution is -2.27. The van der Waals surface area contributed by atoms with Crippen LogP contribution < -0.4 is 10.3 Å². The number of hydrogen-bond donors (Lipinski definition) is 0. The highest BCUT2D eigenvalue weighted by atomic mass is 16.6. The van der Waals surface area contributed by atoms with Gasteiger partial charge in [-0.05, 0) is 56.2 Å². The van der Waals surface area contributed by atoms with E-state index in [-0.39, 0.29) is 25.3 Å². The van der Waals surface area contributed by atoms with Gasteiger partial charge in [-0.2, -0.15) is 0 Å². The second-order valence-corrected chi connectivity index (χ2v) is 6.39. The zero-order chi connectivity index (χ0) is 19.4. The minimum atomic E-state index is -0.479. The molecule has 0 amide bonds. The lowest BCUT2D eigenvalue weighted by atomic mass is 10.1. The molecule has 0 aliphatic rings. The Bertz CT molecular complexity index is 1040. The van der Waals surface area contributed by atoms with E-state index >= 15 is 0 Å². The summed E-state index contributed by atoms with van der Waals surface area (Å²) in [7, 11) is 0. The third kappa shape index (κ3) is 4.34. The van der Waals surface area contributed by atoms with E-state index in [0.29, 0.717) is 22.5 Å². The summed E-state index contributed by atoms with van der Waals surface area (Å²) >= 11 is 0. The second-order valence-electron chi connectivity index (χ2n) is 6.39. The van der Waals surface area contributed by atoms with Crippen molar-refractivity contribution in [2.24, 2.45) is 0 Å². The van der Waals surface area contributed by atoms with E-state index in [0.717, 1.165) is 11.1 Å². The average molecular weight is 366 g/mol. The number of fused-ring (bicyclic) bond motifs is 1. The Morgan fingerprint density at radius 3 is 2.63 bits per heavy atom. The van der Waals surface area contributed by atoms with Gasteiger partial charge in [0, 0.05) is 0 Å². The molecule has 0 saturated heterocycles. The molecule has 0 saturated carbocycles. The fourth-order valence-electron chi connectivity index (χ4n) is 2.78. The van der Waals surface area contributed by atoms with E-state index in [1.165, 1.54) is 4.57 Å². The molecule has 27 heavy (non-hydrogen) atoms. The summed E-state index contributed by atoms with van der Waals surface area (Å²) < 4.78 is 12.2. The monoisotopic (exact) mass is 366 g/mol. The Balaban J connectivity index is 1.56. The van der Waals surface area contributed by atoms with Gasteiger partial charge in [-0.25, -0.2) is 9.78 Å². The number of benzene rings is 2. The molecule has 140 valence electrons. The van der Waals surface area contributed by atoms with Crippen molar-refractivity contribution >= 4 is 16.9 Å². The second kappa shape index (κ2) is 8.03. The predicted molar refractivity (Wildman–Crippen MR) is 103 cm³/mol. The zero-order valence-electron chi connectivity index (χ0n) is 15.7. The van der Waals surface area contributed by atoms with E-state index in [1.807, 2.05) is 38.1 Å². The molecule has 0 radical (unpaired) electrons. The summed E-state index contributed by atoms with van der Waals surface area (Å²) in [6.07, 6.45) is 0. The van der Waals surface area contributed by atoms with Crippen molar-refractivity contribution in [2.75, 3.05) is 13.2 Å². The van der Waals surface area contributed by atoms with E-state index in [2.05, 4.69) is 4.98 Å².